The second-order valence-electron chi connectivity index (χ2n) is 7.23. The van der Waals surface area contributed by atoms with Gasteiger partial charge in [-0.2, -0.15) is 4.98 Å². The number of nitrogen functional groups attached to an aromatic ring is 1. The predicted molar refractivity (Wildman–Crippen MR) is 134 cm³/mol. The Bertz CT molecular complexity index is 1400. The molecule has 3 aromatic rings. The van der Waals surface area contributed by atoms with Crippen molar-refractivity contribution in [2.75, 3.05) is 11.1 Å². The number of fused-ring (bicyclic) bond motifs is 1. The first-order valence-electron chi connectivity index (χ1n) is 10.1. The molecule has 0 spiro atoms. The number of benzene rings is 1. The average Bonchev–Trinajstić information content (AvgIpc) is 2.79. The number of H-pyrrole nitrogens is 1. The molecule has 17 nitrogen and oxygen atoms in total. The molecular formula is C19H24CaN7O10P. The second kappa shape index (κ2) is 14.7. The van der Waals surface area contributed by atoms with Crippen LogP contribution >= 0.6 is 7.82 Å². The Morgan fingerprint density at radius 3 is 2.26 bits per heavy atom. The average molecular weight is 581 g/mol. The summed E-state index contributed by atoms with van der Waals surface area (Å²) in [6.45, 7) is 0.231. The van der Waals surface area contributed by atoms with Crippen molar-refractivity contribution in [3.8, 4) is 0 Å². The number of nitrogens with one attached hydrogen (secondary N) is 3. The Labute approximate surface area is 245 Å². The molecule has 1 aromatic carbocycles. The Kier molecular flexibility index (Phi) is 12.7. The maximum Gasteiger partial charge on any atom is 2.00 e. The zero-order valence-corrected chi connectivity index (χ0v) is 22.5. The number of carboxylic acids is 2. The third-order valence-corrected chi connectivity index (χ3v) is 4.36. The van der Waals surface area contributed by atoms with Gasteiger partial charge in [0, 0.05) is 17.7 Å². The van der Waals surface area contributed by atoms with Gasteiger partial charge in [0.15, 0.2) is 11.2 Å². The number of nitrogens with two attached hydrogens (primary N) is 1. The molecule has 0 bridgehead atoms. The summed E-state index contributed by atoms with van der Waals surface area (Å²) in [4.78, 5) is 82.1. The molecule has 0 aliphatic carbocycles. The summed E-state index contributed by atoms with van der Waals surface area (Å²) >= 11 is 0. The van der Waals surface area contributed by atoms with Gasteiger partial charge in [-0.15, -0.1) is 0 Å². The Balaban J connectivity index is 0. The number of hydrogen-bond donors (Lipinski definition) is 9. The summed E-state index contributed by atoms with van der Waals surface area (Å²) in [6.07, 6.45) is 0.840. The van der Waals surface area contributed by atoms with Gasteiger partial charge in [-0.1, -0.05) is 0 Å². The fourth-order valence-electron chi connectivity index (χ4n) is 2.75. The number of anilines is 2. The van der Waals surface area contributed by atoms with Crippen LogP contribution in [0, 0.1) is 0 Å². The summed E-state index contributed by atoms with van der Waals surface area (Å²) in [5, 5.41) is 23.2. The zero-order valence-electron chi connectivity index (χ0n) is 21.4. The SMILES string of the molecule is Nc1nc2ncc(CNc3ccc(C(=O)N[C@@H](CCC(=O)O)C(=O)O)cc3)nc2c(=O)[nH]1.O=P(O)(O)O.[Ca+2].[H-].[H-]. The van der Waals surface area contributed by atoms with Gasteiger partial charge in [0.2, 0.25) is 5.95 Å². The predicted octanol–water partition coefficient (Wildman–Crippen LogP) is -1.13. The number of carboxylic acid groups (broad SMARTS) is 2. The van der Waals surface area contributed by atoms with Crippen molar-refractivity contribution in [2.45, 2.75) is 25.4 Å². The number of amides is 1. The van der Waals surface area contributed by atoms with Crippen LogP contribution in [0.2, 0.25) is 0 Å². The Hall–Kier alpha value is -3.18. The second-order valence-corrected chi connectivity index (χ2v) is 8.25. The Morgan fingerprint density at radius 1 is 1.11 bits per heavy atom. The van der Waals surface area contributed by atoms with E-state index in [0.717, 1.165) is 0 Å². The number of aliphatic carboxylic acids is 2. The molecule has 2 aromatic heterocycles. The number of carbonyl (C=O) groups excluding carboxylic acids is 1. The van der Waals surface area contributed by atoms with E-state index in [9.17, 15) is 19.2 Å². The van der Waals surface area contributed by atoms with Crippen molar-refractivity contribution >= 4 is 86.2 Å². The van der Waals surface area contributed by atoms with E-state index in [0.29, 0.717) is 11.4 Å². The van der Waals surface area contributed by atoms with E-state index >= 15 is 0 Å². The van der Waals surface area contributed by atoms with Gasteiger partial charge < -0.3 is 44.1 Å². The van der Waals surface area contributed by atoms with E-state index in [2.05, 4.69) is 30.6 Å². The van der Waals surface area contributed by atoms with Crippen LogP contribution < -0.4 is 21.9 Å². The topological polar surface area (TPSA) is 291 Å². The first-order chi connectivity index (χ1) is 17.2. The maximum absolute atomic E-state index is 12.3. The van der Waals surface area contributed by atoms with Crippen molar-refractivity contribution < 1.29 is 46.7 Å². The minimum absolute atomic E-state index is 0. The minimum Gasteiger partial charge on any atom is -1.00 e. The number of carbonyl (C=O) groups is 3. The van der Waals surface area contributed by atoms with Gasteiger partial charge in [0.05, 0.1) is 18.4 Å². The molecule has 38 heavy (non-hydrogen) atoms. The molecule has 0 saturated heterocycles. The first-order valence-corrected chi connectivity index (χ1v) is 11.7. The zero-order chi connectivity index (χ0) is 27.8. The van der Waals surface area contributed by atoms with Crippen LogP contribution in [0.15, 0.2) is 35.3 Å². The van der Waals surface area contributed by atoms with E-state index in [1.165, 1.54) is 18.3 Å². The third kappa shape index (κ3) is 11.5. The molecule has 0 unspecified atom stereocenters. The fourth-order valence-corrected chi connectivity index (χ4v) is 2.75. The third-order valence-electron chi connectivity index (χ3n) is 4.36. The molecule has 0 aliphatic rings. The quantitative estimate of drug-likeness (QED) is 0.107. The molecule has 0 aliphatic heterocycles. The fraction of sp³-hybridized carbons (Fsp3) is 0.211. The van der Waals surface area contributed by atoms with Crippen LogP contribution in [-0.2, 0) is 20.7 Å². The van der Waals surface area contributed by atoms with Crippen LogP contribution in [0.1, 0.15) is 31.7 Å². The van der Waals surface area contributed by atoms with Gasteiger partial charge in [-0.25, -0.2) is 19.3 Å². The molecule has 3 rings (SSSR count). The largest absolute Gasteiger partial charge is 2.00 e. The van der Waals surface area contributed by atoms with E-state index < -0.39 is 37.3 Å². The minimum atomic E-state index is -4.64. The molecule has 2 heterocycles. The van der Waals surface area contributed by atoms with Gasteiger partial charge in [-0.05, 0) is 30.7 Å². The number of aromatic nitrogens is 4. The van der Waals surface area contributed by atoms with Crippen molar-refractivity contribution in [3.05, 3.63) is 52.1 Å². The summed E-state index contributed by atoms with van der Waals surface area (Å²) in [5.41, 5.74) is 6.47. The van der Waals surface area contributed by atoms with Crippen LogP contribution in [0.5, 0.6) is 0 Å². The molecule has 10 N–H and O–H groups in total. The molecule has 19 heteroatoms. The van der Waals surface area contributed by atoms with Crippen LogP contribution in [-0.4, -0.2) is 106 Å². The molecule has 0 saturated carbocycles. The van der Waals surface area contributed by atoms with E-state index in [4.69, 9.17) is 35.2 Å². The van der Waals surface area contributed by atoms with Crippen molar-refractivity contribution in [3.63, 3.8) is 0 Å². The standard InChI is InChI=1S/C19H19N7O6.Ca.H3O4P.2H/c20-19-25-15-14(17(30)26-19)23-11(8-22-15)7-21-10-3-1-9(2-4-10)16(29)24-12(18(31)32)5-6-13(27)28;;1-5(2,3)4;;/h1-4,8,12,21H,5-7H2,(H,24,29)(H,27,28)(H,31,32)(H3,20,22,25,26,30);;(H3,1,2,3,4);;/q;+2;;2*-1/t12-;;;;/m0..../s1. The normalized spacial score (nSPS) is 11.3. The molecule has 1 amide bonds. The molecule has 202 valence electrons. The smallest absolute Gasteiger partial charge is 1.00 e. The van der Waals surface area contributed by atoms with Gasteiger partial charge in [0.1, 0.15) is 6.04 Å². The van der Waals surface area contributed by atoms with E-state index in [1.54, 1.807) is 12.1 Å². The number of aromatic amines is 1. The van der Waals surface area contributed by atoms with Crippen molar-refractivity contribution in [1.82, 2.24) is 25.3 Å². The number of rotatable bonds is 9. The summed E-state index contributed by atoms with van der Waals surface area (Å²) in [5.74, 6) is -3.16. The summed E-state index contributed by atoms with van der Waals surface area (Å²) in [6, 6.07) is 4.86. The van der Waals surface area contributed by atoms with E-state index in [1.807, 2.05) is 0 Å². The van der Waals surface area contributed by atoms with Gasteiger partial charge in [0.25, 0.3) is 11.5 Å². The van der Waals surface area contributed by atoms with Crippen LogP contribution in [0.3, 0.4) is 0 Å². The molecular weight excluding hydrogens is 557 g/mol. The van der Waals surface area contributed by atoms with Gasteiger partial charge >= 0.3 is 57.5 Å². The van der Waals surface area contributed by atoms with Gasteiger partial charge in [-0.3, -0.25) is 19.4 Å². The monoisotopic (exact) mass is 581 g/mol. The van der Waals surface area contributed by atoms with Crippen LogP contribution in [0.4, 0.5) is 11.6 Å². The van der Waals surface area contributed by atoms with Crippen molar-refractivity contribution in [1.29, 1.82) is 0 Å². The molecule has 0 fully saturated rings. The van der Waals surface area contributed by atoms with Crippen LogP contribution in [0.25, 0.3) is 11.2 Å². The van der Waals surface area contributed by atoms with E-state index in [-0.39, 0.29) is 82.7 Å². The summed E-state index contributed by atoms with van der Waals surface area (Å²) in [7, 11) is -4.64. The number of phosphoric acid groups is 1. The van der Waals surface area contributed by atoms with Crippen molar-refractivity contribution in [2.24, 2.45) is 0 Å². The molecule has 1 atom stereocenters. The number of hydrogen-bond acceptors (Lipinski definition) is 10. The first kappa shape index (κ1) is 32.8. The number of nitrogens with zero attached hydrogens (tertiary/aromatic N) is 3. The summed E-state index contributed by atoms with van der Waals surface area (Å²) < 4.78 is 8.88. The maximum atomic E-state index is 12.3. The molecule has 0 radical (unpaired) electrons. The Morgan fingerprint density at radius 2 is 1.71 bits per heavy atom.